The van der Waals surface area contributed by atoms with Crippen LogP contribution in [0.5, 0.6) is 0 Å². The summed E-state index contributed by atoms with van der Waals surface area (Å²) in [5.74, 6) is -0.265. The molecule has 0 aromatic carbocycles. The van der Waals surface area contributed by atoms with Crippen LogP contribution in [-0.2, 0) is 9.53 Å². The van der Waals surface area contributed by atoms with Gasteiger partial charge in [0, 0.05) is 32.2 Å². The number of hydrogen-bond donors (Lipinski definition) is 2. The number of nitrogens with one attached hydrogen (secondary N) is 1. The maximum absolute atomic E-state index is 11.6. The lowest BCUT2D eigenvalue weighted by atomic mass is 9.80. The van der Waals surface area contributed by atoms with Crippen LogP contribution >= 0.6 is 0 Å². The Morgan fingerprint density at radius 3 is 3.05 bits per heavy atom. The van der Waals surface area contributed by atoms with Crippen molar-refractivity contribution in [2.45, 2.75) is 12.8 Å². The zero-order chi connectivity index (χ0) is 14.0. The zero-order valence-corrected chi connectivity index (χ0v) is 10.8. The second kappa shape index (κ2) is 5.04. The number of carboxylic acids is 1. The van der Waals surface area contributed by atoms with Crippen LogP contribution in [0.4, 0.5) is 5.82 Å². The molecule has 1 aliphatic heterocycles. The van der Waals surface area contributed by atoms with E-state index < -0.39 is 11.4 Å². The van der Waals surface area contributed by atoms with Gasteiger partial charge < -0.3 is 15.2 Å². The molecule has 0 radical (unpaired) electrons. The minimum atomic E-state index is -0.813. The zero-order valence-electron chi connectivity index (χ0n) is 10.8. The number of aromatic nitrogens is 4. The quantitative estimate of drug-likeness (QED) is 0.834. The highest BCUT2D eigenvalue weighted by molar-refractivity contribution is 5.76. The summed E-state index contributed by atoms with van der Waals surface area (Å²) < 4.78 is 6.98. The Morgan fingerprint density at radius 1 is 1.50 bits per heavy atom. The number of anilines is 1. The third-order valence-electron chi connectivity index (χ3n) is 3.71. The second-order valence-corrected chi connectivity index (χ2v) is 4.89. The van der Waals surface area contributed by atoms with Crippen molar-refractivity contribution in [3.8, 4) is 0 Å². The molecule has 0 saturated carbocycles. The van der Waals surface area contributed by atoms with Crippen molar-refractivity contribution in [3.05, 3.63) is 18.7 Å². The van der Waals surface area contributed by atoms with E-state index in [1.54, 1.807) is 23.1 Å². The summed E-state index contributed by atoms with van der Waals surface area (Å²) in [4.78, 5) is 15.8. The van der Waals surface area contributed by atoms with Crippen LogP contribution < -0.4 is 5.32 Å². The van der Waals surface area contributed by atoms with E-state index in [1.165, 1.54) is 0 Å². The van der Waals surface area contributed by atoms with Crippen LogP contribution in [0, 0.1) is 5.41 Å². The number of carboxylic acid groups (broad SMARTS) is 1. The van der Waals surface area contributed by atoms with Gasteiger partial charge in [0.1, 0.15) is 6.33 Å². The molecule has 106 valence electrons. The molecule has 0 spiro atoms. The monoisotopic (exact) mass is 277 g/mol. The van der Waals surface area contributed by atoms with Crippen molar-refractivity contribution in [2.24, 2.45) is 5.41 Å². The molecule has 1 fully saturated rings. The molecule has 2 aromatic rings. The van der Waals surface area contributed by atoms with Gasteiger partial charge in [-0.2, -0.15) is 0 Å². The molecule has 3 rings (SSSR count). The molecule has 0 aliphatic carbocycles. The van der Waals surface area contributed by atoms with E-state index in [1.807, 2.05) is 0 Å². The Morgan fingerprint density at radius 2 is 2.30 bits per heavy atom. The van der Waals surface area contributed by atoms with Gasteiger partial charge in [-0.1, -0.05) is 0 Å². The SMILES string of the molecule is O=C(O)C1(CNc2nccn3cnnc23)CCOCC1. The number of hydrogen-bond acceptors (Lipinski definition) is 6. The Labute approximate surface area is 114 Å². The smallest absolute Gasteiger partial charge is 0.311 e. The lowest BCUT2D eigenvalue weighted by Gasteiger charge is -2.33. The summed E-state index contributed by atoms with van der Waals surface area (Å²) in [5.41, 5.74) is -0.229. The standard InChI is InChI=1S/C12H15N5O3/c18-11(19)12(1-5-20-6-2-12)7-14-9-10-16-15-8-17(10)4-3-13-9/h3-4,8H,1-2,5-7H2,(H,13,14)(H,18,19). The first-order valence-corrected chi connectivity index (χ1v) is 6.41. The van der Waals surface area contributed by atoms with Crippen LogP contribution in [0.15, 0.2) is 18.7 Å². The van der Waals surface area contributed by atoms with Gasteiger partial charge >= 0.3 is 5.97 Å². The number of carbonyl (C=O) groups is 1. The fraction of sp³-hybridized carbons (Fsp3) is 0.500. The normalized spacial score (nSPS) is 18.0. The van der Waals surface area contributed by atoms with Crippen molar-refractivity contribution < 1.29 is 14.6 Å². The molecule has 0 amide bonds. The van der Waals surface area contributed by atoms with Gasteiger partial charge in [0.2, 0.25) is 5.65 Å². The third kappa shape index (κ3) is 2.18. The van der Waals surface area contributed by atoms with Crippen molar-refractivity contribution in [2.75, 3.05) is 25.1 Å². The first-order chi connectivity index (χ1) is 9.71. The van der Waals surface area contributed by atoms with E-state index in [4.69, 9.17) is 4.74 Å². The summed E-state index contributed by atoms with van der Waals surface area (Å²) in [7, 11) is 0. The molecule has 0 atom stereocenters. The number of aliphatic carboxylic acids is 1. The number of ether oxygens (including phenoxy) is 1. The number of fused-ring (bicyclic) bond motifs is 1. The van der Waals surface area contributed by atoms with Gasteiger partial charge in [0.15, 0.2) is 5.82 Å². The first kappa shape index (κ1) is 12.8. The van der Waals surface area contributed by atoms with Gasteiger partial charge in [-0.15, -0.1) is 10.2 Å². The van der Waals surface area contributed by atoms with Crippen LogP contribution in [0.2, 0.25) is 0 Å². The van der Waals surface area contributed by atoms with Crippen molar-refractivity contribution in [1.82, 2.24) is 19.6 Å². The highest BCUT2D eigenvalue weighted by Crippen LogP contribution is 2.31. The molecular weight excluding hydrogens is 262 g/mol. The maximum atomic E-state index is 11.6. The predicted molar refractivity (Wildman–Crippen MR) is 69.4 cm³/mol. The average molecular weight is 277 g/mol. The van der Waals surface area contributed by atoms with E-state index in [-0.39, 0.29) is 0 Å². The summed E-state index contributed by atoms with van der Waals surface area (Å²) in [6.45, 7) is 1.23. The molecule has 8 nitrogen and oxygen atoms in total. The molecule has 1 aliphatic rings. The molecule has 20 heavy (non-hydrogen) atoms. The van der Waals surface area contributed by atoms with Gasteiger partial charge in [-0.05, 0) is 12.8 Å². The largest absolute Gasteiger partial charge is 0.481 e. The fourth-order valence-electron chi connectivity index (χ4n) is 2.36. The third-order valence-corrected chi connectivity index (χ3v) is 3.71. The van der Waals surface area contributed by atoms with Gasteiger partial charge in [0.25, 0.3) is 0 Å². The van der Waals surface area contributed by atoms with Crippen molar-refractivity contribution >= 4 is 17.4 Å². The summed E-state index contributed by atoms with van der Waals surface area (Å²) in [5, 5.41) is 20.4. The summed E-state index contributed by atoms with van der Waals surface area (Å²) in [6.07, 6.45) is 5.91. The molecule has 0 unspecified atom stereocenters. The van der Waals surface area contributed by atoms with Crippen molar-refractivity contribution in [3.63, 3.8) is 0 Å². The van der Waals surface area contributed by atoms with Crippen LogP contribution in [0.3, 0.4) is 0 Å². The topological polar surface area (TPSA) is 102 Å². The second-order valence-electron chi connectivity index (χ2n) is 4.89. The minimum Gasteiger partial charge on any atom is -0.481 e. The van der Waals surface area contributed by atoms with E-state index >= 15 is 0 Å². The fourth-order valence-corrected chi connectivity index (χ4v) is 2.36. The Balaban J connectivity index is 1.80. The van der Waals surface area contributed by atoms with Gasteiger partial charge in [-0.3, -0.25) is 9.20 Å². The highest BCUT2D eigenvalue weighted by atomic mass is 16.5. The molecule has 2 N–H and O–H groups in total. The van der Waals surface area contributed by atoms with E-state index in [9.17, 15) is 9.90 Å². The number of rotatable bonds is 4. The Kier molecular flexibility index (Phi) is 3.23. The number of nitrogens with zero attached hydrogens (tertiary/aromatic N) is 4. The summed E-state index contributed by atoms with van der Waals surface area (Å²) in [6, 6.07) is 0. The molecule has 1 saturated heterocycles. The Hall–Kier alpha value is -2.22. The minimum absolute atomic E-state index is 0.297. The van der Waals surface area contributed by atoms with Crippen LogP contribution in [0.25, 0.3) is 5.65 Å². The van der Waals surface area contributed by atoms with Gasteiger partial charge in [-0.25, -0.2) is 4.98 Å². The van der Waals surface area contributed by atoms with E-state index in [0.29, 0.717) is 44.1 Å². The molecule has 0 bridgehead atoms. The molecule has 2 aromatic heterocycles. The maximum Gasteiger partial charge on any atom is 0.311 e. The molecular formula is C12H15N5O3. The lowest BCUT2D eigenvalue weighted by molar-refractivity contribution is -0.153. The van der Waals surface area contributed by atoms with E-state index in [0.717, 1.165) is 0 Å². The first-order valence-electron chi connectivity index (χ1n) is 6.41. The summed E-state index contributed by atoms with van der Waals surface area (Å²) >= 11 is 0. The molecule has 8 heteroatoms. The van der Waals surface area contributed by atoms with Gasteiger partial charge in [0.05, 0.1) is 5.41 Å². The highest BCUT2D eigenvalue weighted by Gasteiger charge is 2.40. The average Bonchev–Trinajstić information content (AvgIpc) is 2.95. The van der Waals surface area contributed by atoms with Crippen LogP contribution in [-0.4, -0.2) is 50.4 Å². The lowest BCUT2D eigenvalue weighted by Crippen LogP contribution is -2.42. The molecule has 3 heterocycles. The van der Waals surface area contributed by atoms with E-state index in [2.05, 4.69) is 20.5 Å². The van der Waals surface area contributed by atoms with Crippen LogP contribution in [0.1, 0.15) is 12.8 Å². The van der Waals surface area contributed by atoms with Crippen molar-refractivity contribution in [1.29, 1.82) is 0 Å². The Bertz CT molecular complexity index is 620. The predicted octanol–water partition coefficient (Wildman–Crippen LogP) is 0.418.